The van der Waals surface area contributed by atoms with E-state index in [0.29, 0.717) is 58.9 Å². The number of carboxylic acids is 1. The van der Waals surface area contributed by atoms with Crippen molar-refractivity contribution in [1.29, 1.82) is 0 Å². The van der Waals surface area contributed by atoms with Crippen LogP contribution in [0.2, 0.25) is 0 Å². The van der Waals surface area contributed by atoms with Crippen LogP contribution in [0.3, 0.4) is 0 Å². The van der Waals surface area contributed by atoms with Crippen LogP contribution in [0.1, 0.15) is 135 Å². The fourth-order valence-corrected chi connectivity index (χ4v) is 6.17. The number of hydrogen-bond donors (Lipinski definition) is 2. The highest BCUT2D eigenvalue weighted by Crippen LogP contribution is 2.22. The summed E-state index contributed by atoms with van der Waals surface area (Å²) in [6, 6.07) is -1.15. The molecule has 52 heavy (non-hydrogen) atoms. The molecule has 0 radical (unpaired) electrons. The molecule has 304 valence electrons. The lowest BCUT2D eigenvalue weighted by Crippen LogP contribution is -2.42. The number of carboxylic acid groups (broad SMARTS) is 1. The van der Waals surface area contributed by atoms with E-state index in [2.05, 4.69) is 30.4 Å². The Morgan fingerprint density at radius 3 is 1.50 bits per heavy atom. The Hall–Kier alpha value is -1.12. The van der Waals surface area contributed by atoms with Crippen LogP contribution in [0.15, 0.2) is 0 Å². The summed E-state index contributed by atoms with van der Waals surface area (Å²) in [5.41, 5.74) is 0.105. The second-order valence-corrected chi connectivity index (χ2v) is 15.4. The zero-order chi connectivity index (χ0) is 38.5. The first-order valence-corrected chi connectivity index (χ1v) is 23.0. The molecule has 0 aromatic rings. The Morgan fingerprint density at radius 2 is 1.06 bits per heavy atom. The first-order valence-electron chi connectivity index (χ1n) is 19.6. The van der Waals surface area contributed by atoms with Crippen molar-refractivity contribution in [2.24, 2.45) is 0 Å². The van der Waals surface area contributed by atoms with Gasteiger partial charge in [-0.1, -0.05) is 106 Å². The molecule has 2 N–H and O–H groups in total. The number of carbonyl (C=O) groups is 5. The fraction of sp³-hybridized carbons (Fsp3) is 0.865. The van der Waals surface area contributed by atoms with Gasteiger partial charge in [-0.15, -0.1) is 8.93 Å². The van der Waals surface area contributed by atoms with Crippen molar-refractivity contribution in [3.63, 3.8) is 0 Å². The summed E-state index contributed by atoms with van der Waals surface area (Å²) in [6.07, 6.45) is 19.3. The molecule has 0 aliphatic carbocycles. The average molecular weight is 797 g/mol. The lowest BCUT2D eigenvalue weighted by Gasteiger charge is -2.24. The molecular formula is C37H71N2O10P3. The van der Waals surface area contributed by atoms with Gasteiger partial charge < -0.3 is 34.3 Å². The molecule has 0 aromatic carbocycles. The molecule has 0 spiro atoms. The monoisotopic (exact) mass is 796 g/mol. The van der Waals surface area contributed by atoms with E-state index in [1.807, 2.05) is 0 Å². The molecular weight excluding hydrogens is 725 g/mol. The molecule has 15 heteroatoms. The van der Waals surface area contributed by atoms with Crippen LogP contribution in [0.5, 0.6) is 0 Å². The van der Waals surface area contributed by atoms with Crippen LogP contribution in [0, 0.1) is 0 Å². The number of aliphatic carboxylic acids is 1. The van der Waals surface area contributed by atoms with Gasteiger partial charge in [0, 0.05) is 38.8 Å². The molecule has 0 heterocycles. The van der Waals surface area contributed by atoms with E-state index < -0.39 is 12.0 Å². The van der Waals surface area contributed by atoms with Gasteiger partial charge in [-0.2, -0.15) is 0 Å². The summed E-state index contributed by atoms with van der Waals surface area (Å²) >= 11 is 0. The van der Waals surface area contributed by atoms with Crippen LogP contribution in [0.4, 0.5) is 0 Å². The van der Waals surface area contributed by atoms with Crippen molar-refractivity contribution in [3.8, 4) is 0 Å². The normalized spacial score (nSPS) is 12.0. The summed E-state index contributed by atoms with van der Waals surface area (Å²) < 4.78 is 22.0. The minimum atomic E-state index is -1.17. The predicted molar refractivity (Wildman–Crippen MR) is 215 cm³/mol. The van der Waals surface area contributed by atoms with Crippen molar-refractivity contribution in [3.05, 3.63) is 0 Å². The number of nitrogens with zero attached hydrogens (tertiary/aromatic N) is 1. The highest BCUT2D eigenvalue weighted by molar-refractivity contribution is 8.11. The smallest absolute Gasteiger partial charge is 0.326 e. The van der Waals surface area contributed by atoms with Crippen LogP contribution < -0.4 is 5.32 Å². The first-order chi connectivity index (χ1) is 25.2. The maximum absolute atomic E-state index is 13.1. The van der Waals surface area contributed by atoms with Crippen LogP contribution >= 0.6 is 26.4 Å². The summed E-state index contributed by atoms with van der Waals surface area (Å²) in [5.74, 6) is -1.74. The zero-order valence-corrected chi connectivity index (χ0v) is 35.3. The van der Waals surface area contributed by atoms with Crippen molar-refractivity contribution in [2.75, 3.05) is 65.9 Å². The Kier molecular flexibility index (Phi) is 37.3. The Balaban J connectivity index is 4.42. The molecule has 0 aromatic heterocycles. The maximum Gasteiger partial charge on any atom is 0.326 e. The van der Waals surface area contributed by atoms with Crippen LogP contribution in [0.25, 0.3) is 0 Å². The number of nitrogens with one attached hydrogen (secondary N) is 1. The summed E-state index contributed by atoms with van der Waals surface area (Å²) in [7, 11) is 4.70. The summed E-state index contributed by atoms with van der Waals surface area (Å²) in [6.45, 7) is 5.16. The Labute approximate surface area is 320 Å². The van der Waals surface area contributed by atoms with Gasteiger partial charge in [0.1, 0.15) is 6.04 Å². The largest absolute Gasteiger partial charge is 0.480 e. The zero-order valence-electron chi connectivity index (χ0n) is 32.0. The van der Waals surface area contributed by atoms with Crippen molar-refractivity contribution in [1.82, 2.24) is 10.2 Å². The Morgan fingerprint density at radius 1 is 0.615 bits per heavy atom. The number of carbonyl (C=O) groups excluding carboxylic acids is 4. The second-order valence-electron chi connectivity index (χ2n) is 13.1. The number of rotatable bonds is 40. The van der Waals surface area contributed by atoms with Gasteiger partial charge in [0.2, 0.25) is 11.8 Å². The van der Waals surface area contributed by atoms with Gasteiger partial charge >= 0.3 is 5.97 Å². The van der Waals surface area contributed by atoms with Crippen molar-refractivity contribution >= 4 is 55.3 Å². The van der Waals surface area contributed by atoms with Gasteiger partial charge in [-0.25, -0.2) is 4.79 Å². The van der Waals surface area contributed by atoms with Crippen LogP contribution in [-0.2, 0) is 42.9 Å². The van der Waals surface area contributed by atoms with Crippen molar-refractivity contribution < 1.29 is 48.0 Å². The average Bonchev–Trinajstić information content (AvgIpc) is 3.12. The van der Waals surface area contributed by atoms with Crippen molar-refractivity contribution in [2.45, 2.75) is 141 Å². The molecule has 4 unspecified atom stereocenters. The van der Waals surface area contributed by atoms with E-state index in [-0.39, 0.29) is 76.7 Å². The standard InChI is InChI=1S/C37H71N2O10P3/c1-2-3-4-5-6-7-8-9-10-11-12-13-14-15-16-17-33(40)38-32(37(44)45)18-19-34(41)39(22-26-48-30-28-46-24-20-35(42)50)23-27-49-31-29-47-25-21-36(43)52-51/h32,52H,2-31,50-51H2,1H3,(H,38,40)(H,44,45). The van der Waals surface area contributed by atoms with E-state index in [9.17, 15) is 29.1 Å². The third-order valence-electron chi connectivity index (χ3n) is 8.52. The predicted octanol–water partition coefficient (Wildman–Crippen LogP) is 6.67. The maximum atomic E-state index is 13.1. The van der Waals surface area contributed by atoms with E-state index in [1.165, 1.54) is 70.6 Å². The molecule has 0 fully saturated rings. The molecule has 0 saturated heterocycles. The third-order valence-corrected chi connectivity index (χ3v) is 10.3. The fourth-order valence-electron chi connectivity index (χ4n) is 5.37. The van der Waals surface area contributed by atoms with E-state index in [0.717, 1.165) is 19.3 Å². The lowest BCUT2D eigenvalue weighted by molar-refractivity contribution is -0.142. The SMILES string of the molecule is CCCCCCCCCCCCCCCCCC(=O)NC(CCC(=O)N(CCOCCOCCC(=O)P)CCOCCOCCC(=O)PP)C(=O)O. The lowest BCUT2D eigenvalue weighted by atomic mass is 10.0. The highest BCUT2D eigenvalue weighted by atomic mass is 32.0. The molecule has 0 saturated carbocycles. The Bertz CT molecular complexity index is 932. The van der Waals surface area contributed by atoms with Gasteiger partial charge in [-0.3, -0.25) is 19.2 Å². The van der Waals surface area contributed by atoms with E-state index in [4.69, 9.17) is 18.9 Å². The number of ether oxygens (including phenoxy) is 4. The molecule has 0 aliphatic heterocycles. The molecule has 4 atom stereocenters. The minimum absolute atomic E-state index is 0.0251. The topological polar surface area (TPSA) is 158 Å². The molecule has 2 amide bonds. The molecule has 0 rings (SSSR count). The molecule has 0 bridgehead atoms. The van der Waals surface area contributed by atoms with Gasteiger partial charge in [-0.05, 0) is 21.1 Å². The quantitative estimate of drug-likeness (QED) is 0.0507. The number of unbranched alkanes of at least 4 members (excludes halogenated alkanes) is 14. The highest BCUT2D eigenvalue weighted by Gasteiger charge is 2.23. The summed E-state index contributed by atoms with van der Waals surface area (Å²) in [5, 5.41) is 12.3. The third kappa shape index (κ3) is 34.6. The number of amides is 2. The van der Waals surface area contributed by atoms with Gasteiger partial charge in [0.25, 0.3) is 0 Å². The molecule has 12 nitrogen and oxygen atoms in total. The minimum Gasteiger partial charge on any atom is -0.480 e. The van der Waals surface area contributed by atoms with Gasteiger partial charge in [0.05, 0.1) is 52.9 Å². The second kappa shape index (κ2) is 38.2. The van der Waals surface area contributed by atoms with E-state index >= 15 is 0 Å². The van der Waals surface area contributed by atoms with E-state index in [1.54, 1.807) is 4.90 Å². The first kappa shape index (κ1) is 50.9. The van der Waals surface area contributed by atoms with Crippen LogP contribution in [-0.4, -0.2) is 111 Å². The van der Waals surface area contributed by atoms with Gasteiger partial charge in [0.15, 0.2) is 11.0 Å². The number of hydrogen-bond acceptors (Lipinski definition) is 9. The summed E-state index contributed by atoms with van der Waals surface area (Å²) in [4.78, 5) is 61.5. The molecule has 0 aliphatic rings.